The van der Waals surface area contributed by atoms with Crippen molar-refractivity contribution < 1.29 is 23.8 Å². The molecule has 0 saturated carbocycles. The molecule has 0 aliphatic carbocycles. The number of amides is 1. The number of aromatic nitrogens is 4. The van der Waals surface area contributed by atoms with E-state index in [4.69, 9.17) is 21.1 Å². The number of ether oxygens (including phenoxy) is 2. The first-order chi connectivity index (χ1) is 17.8. The number of carbonyl (C=O) groups is 1. The Bertz CT molecular complexity index is 1320. The number of carbonyl (C=O) groups excluding carboxylic acids is 1. The topological polar surface area (TPSA) is 115 Å². The molecule has 198 valence electrons. The van der Waals surface area contributed by atoms with Crippen LogP contribution in [0, 0.1) is 5.82 Å². The van der Waals surface area contributed by atoms with Gasteiger partial charge in [-0.2, -0.15) is 0 Å². The minimum absolute atomic E-state index is 0.00469. The van der Waals surface area contributed by atoms with Gasteiger partial charge in [-0.15, -0.1) is 0 Å². The zero-order valence-corrected chi connectivity index (χ0v) is 21.7. The summed E-state index contributed by atoms with van der Waals surface area (Å²) in [5.74, 6) is 0.496. The van der Waals surface area contributed by atoms with Gasteiger partial charge in [-0.3, -0.25) is 0 Å². The summed E-state index contributed by atoms with van der Waals surface area (Å²) in [6.07, 6.45) is 1.72. The van der Waals surface area contributed by atoms with E-state index in [-0.39, 0.29) is 47.2 Å². The van der Waals surface area contributed by atoms with E-state index in [2.05, 4.69) is 20.3 Å². The van der Waals surface area contributed by atoms with Crippen LogP contribution in [0.1, 0.15) is 44.5 Å². The van der Waals surface area contributed by atoms with Crippen molar-refractivity contribution >= 4 is 34.7 Å². The van der Waals surface area contributed by atoms with Gasteiger partial charge in [0.1, 0.15) is 11.3 Å². The molecule has 2 saturated heterocycles. The average Bonchev–Trinajstić information content (AvgIpc) is 3.51. The fraction of sp³-hybridized carbons (Fsp3) is 0.520. The zero-order chi connectivity index (χ0) is 26.3. The number of nitrogens with one attached hydrogen (secondary N) is 1. The van der Waals surface area contributed by atoms with Gasteiger partial charge in [0.25, 0.3) is 0 Å². The summed E-state index contributed by atoms with van der Waals surface area (Å²) >= 11 is 6.46. The van der Waals surface area contributed by atoms with Crippen molar-refractivity contribution in [2.24, 2.45) is 0 Å². The largest absolute Gasteiger partial charge is 0.453 e. The van der Waals surface area contributed by atoms with Crippen molar-refractivity contribution in [2.75, 3.05) is 38.7 Å². The van der Waals surface area contributed by atoms with Gasteiger partial charge < -0.3 is 29.4 Å². The number of aliphatic hydroxyl groups is 1. The van der Waals surface area contributed by atoms with E-state index in [1.807, 2.05) is 24.5 Å². The molecule has 10 nitrogen and oxygen atoms in total. The van der Waals surface area contributed by atoms with Crippen LogP contribution >= 0.6 is 11.6 Å². The van der Waals surface area contributed by atoms with E-state index in [1.165, 1.54) is 19.4 Å². The molecule has 2 N–H and O–H groups in total. The van der Waals surface area contributed by atoms with Gasteiger partial charge in [0.2, 0.25) is 5.95 Å². The number of methoxy groups -OCH3 is 1. The van der Waals surface area contributed by atoms with E-state index < -0.39 is 11.9 Å². The molecule has 2 fully saturated rings. The number of rotatable bonds is 5. The standard InChI is InChI=1S/C25H30ClFN6O4/c1-13(2)33-19-9-15(21-16(26)10-28-24(31-21)29-18-5-7-37-12-20(18)34)8-17(27)22(19)30-23(33)14-4-6-32(11-14)25(35)36-3/h8-10,13-14,18,20,34H,4-7,11-12H2,1-3H3,(H,28,29,31)/t14-,18-,20-/m1/s1. The molecule has 3 atom stereocenters. The number of aliphatic hydroxyl groups excluding tert-OH is 1. The third-order valence-corrected chi connectivity index (χ3v) is 7.21. The summed E-state index contributed by atoms with van der Waals surface area (Å²) in [6, 6.07) is 2.95. The SMILES string of the molecule is COC(=O)N1CC[C@@H](c2nc3c(F)cc(-c4nc(N[C@@H]5CCOC[C@H]5O)ncc4Cl)cc3n2C(C)C)C1. The lowest BCUT2D eigenvalue weighted by Gasteiger charge is -2.28. The summed E-state index contributed by atoms with van der Waals surface area (Å²) in [5, 5.41) is 13.6. The van der Waals surface area contributed by atoms with E-state index in [1.54, 1.807) is 4.90 Å². The fourth-order valence-corrected chi connectivity index (χ4v) is 5.30. The van der Waals surface area contributed by atoms with Crippen molar-refractivity contribution in [1.29, 1.82) is 0 Å². The highest BCUT2D eigenvalue weighted by Gasteiger charge is 2.33. The number of fused-ring (bicyclic) bond motifs is 1. The van der Waals surface area contributed by atoms with Crippen LogP contribution in [0.4, 0.5) is 15.1 Å². The zero-order valence-electron chi connectivity index (χ0n) is 20.9. The van der Waals surface area contributed by atoms with Crippen molar-refractivity contribution in [1.82, 2.24) is 24.4 Å². The smallest absolute Gasteiger partial charge is 0.409 e. The van der Waals surface area contributed by atoms with Crippen LogP contribution in [0.3, 0.4) is 0 Å². The Kier molecular flexibility index (Phi) is 7.19. The van der Waals surface area contributed by atoms with Crippen LogP contribution in [0.2, 0.25) is 5.02 Å². The van der Waals surface area contributed by atoms with Crippen LogP contribution in [-0.4, -0.2) is 81.2 Å². The van der Waals surface area contributed by atoms with Crippen molar-refractivity contribution in [3.63, 3.8) is 0 Å². The number of imidazole rings is 1. The maximum absolute atomic E-state index is 15.5. The molecule has 1 aromatic carbocycles. The Balaban J connectivity index is 1.52. The molecule has 0 unspecified atom stereocenters. The number of halogens is 2. The number of anilines is 1. The lowest BCUT2D eigenvalue weighted by molar-refractivity contribution is -0.0136. The van der Waals surface area contributed by atoms with E-state index in [0.717, 1.165) is 5.82 Å². The molecule has 2 aliphatic heterocycles. The first-order valence-electron chi connectivity index (χ1n) is 12.4. The molecule has 0 spiro atoms. The molecule has 2 aliphatic rings. The molecule has 2 aromatic heterocycles. The second-order valence-electron chi connectivity index (χ2n) is 9.73. The number of likely N-dealkylation sites (tertiary alicyclic amines) is 1. The lowest BCUT2D eigenvalue weighted by Crippen LogP contribution is -2.42. The predicted octanol–water partition coefficient (Wildman–Crippen LogP) is 3.98. The minimum Gasteiger partial charge on any atom is -0.453 e. The van der Waals surface area contributed by atoms with Gasteiger partial charge in [0.05, 0.1) is 48.3 Å². The highest BCUT2D eigenvalue weighted by molar-refractivity contribution is 6.33. The number of hydrogen-bond acceptors (Lipinski definition) is 8. The maximum Gasteiger partial charge on any atom is 0.409 e. The highest BCUT2D eigenvalue weighted by Crippen LogP contribution is 2.36. The molecule has 4 heterocycles. The van der Waals surface area contributed by atoms with Crippen LogP contribution in [0.5, 0.6) is 0 Å². The first kappa shape index (κ1) is 25.6. The summed E-state index contributed by atoms with van der Waals surface area (Å²) in [5.41, 5.74) is 1.75. The minimum atomic E-state index is -0.685. The van der Waals surface area contributed by atoms with Crippen molar-refractivity contribution in [2.45, 2.75) is 50.8 Å². The number of hydrogen-bond donors (Lipinski definition) is 2. The summed E-state index contributed by atoms with van der Waals surface area (Å²) in [7, 11) is 1.36. The van der Waals surface area contributed by atoms with E-state index in [9.17, 15) is 9.90 Å². The summed E-state index contributed by atoms with van der Waals surface area (Å²) in [4.78, 5) is 27.1. The Morgan fingerprint density at radius 3 is 2.86 bits per heavy atom. The molecule has 0 radical (unpaired) electrons. The molecule has 1 amide bonds. The second-order valence-corrected chi connectivity index (χ2v) is 10.1. The van der Waals surface area contributed by atoms with Gasteiger partial charge in [-0.25, -0.2) is 24.1 Å². The van der Waals surface area contributed by atoms with Crippen molar-refractivity contribution in [3.05, 3.63) is 35.0 Å². The third kappa shape index (κ3) is 4.95. The molecule has 3 aromatic rings. The Morgan fingerprint density at radius 1 is 1.32 bits per heavy atom. The summed E-state index contributed by atoms with van der Waals surface area (Å²) in [6.45, 7) is 5.81. The predicted molar refractivity (Wildman–Crippen MR) is 136 cm³/mol. The lowest BCUT2D eigenvalue weighted by atomic mass is 10.1. The van der Waals surface area contributed by atoms with Gasteiger partial charge in [-0.05, 0) is 38.8 Å². The molecule has 12 heteroatoms. The third-order valence-electron chi connectivity index (χ3n) is 6.94. The number of benzene rings is 1. The molecular weight excluding hydrogens is 503 g/mol. The van der Waals surface area contributed by atoms with Gasteiger partial charge in [-0.1, -0.05) is 11.6 Å². The fourth-order valence-electron chi connectivity index (χ4n) is 5.10. The van der Waals surface area contributed by atoms with Gasteiger partial charge >= 0.3 is 6.09 Å². The van der Waals surface area contributed by atoms with E-state index in [0.29, 0.717) is 49.3 Å². The molecule has 5 rings (SSSR count). The Hall–Kier alpha value is -3.02. The van der Waals surface area contributed by atoms with Crippen LogP contribution in [0.15, 0.2) is 18.3 Å². The normalized spacial score (nSPS) is 22.1. The Labute approximate surface area is 218 Å². The Morgan fingerprint density at radius 2 is 2.14 bits per heavy atom. The quantitative estimate of drug-likeness (QED) is 0.507. The molecular formula is C25H30ClFN6O4. The monoisotopic (exact) mass is 532 g/mol. The summed E-state index contributed by atoms with van der Waals surface area (Å²) < 4.78 is 27.6. The van der Waals surface area contributed by atoms with Gasteiger partial charge in [0, 0.05) is 37.2 Å². The van der Waals surface area contributed by atoms with Gasteiger partial charge in [0.15, 0.2) is 5.82 Å². The van der Waals surface area contributed by atoms with Crippen LogP contribution in [0.25, 0.3) is 22.3 Å². The molecule has 0 bridgehead atoms. The second kappa shape index (κ2) is 10.4. The number of nitrogens with zero attached hydrogens (tertiary/aromatic N) is 5. The van der Waals surface area contributed by atoms with E-state index >= 15 is 4.39 Å². The molecule has 37 heavy (non-hydrogen) atoms. The van der Waals surface area contributed by atoms with Crippen molar-refractivity contribution in [3.8, 4) is 11.3 Å². The maximum atomic E-state index is 15.5. The van der Waals surface area contributed by atoms with Crippen LogP contribution in [-0.2, 0) is 9.47 Å². The van der Waals surface area contributed by atoms with Crippen LogP contribution < -0.4 is 5.32 Å². The average molecular weight is 533 g/mol. The highest BCUT2D eigenvalue weighted by atomic mass is 35.5. The first-order valence-corrected chi connectivity index (χ1v) is 12.7.